The van der Waals surface area contributed by atoms with Crippen molar-refractivity contribution in [1.29, 1.82) is 0 Å². The van der Waals surface area contributed by atoms with E-state index in [-0.39, 0.29) is 17.1 Å². The highest BCUT2D eigenvalue weighted by atomic mass is 35.5. The van der Waals surface area contributed by atoms with Crippen LogP contribution in [-0.4, -0.2) is 39.8 Å². The van der Waals surface area contributed by atoms with Crippen molar-refractivity contribution in [2.45, 2.75) is 17.6 Å². The summed E-state index contributed by atoms with van der Waals surface area (Å²) in [7, 11) is -4.17. The zero-order valence-electron chi connectivity index (χ0n) is 19.4. The Bertz CT molecular complexity index is 1250. The molecule has 3 aromatic rings. The molecular formula is C25H25ClF2N2O4S2. The van der Waals surface area contributed by atoms with E-state index in [2.05, 4.69) is 5.32 Å². The summed E-state index contributed by atoms with van der Waals surface area (Å²) < 4.78 is 60.3. The van der Waals surface area contributed by atoms with Crippen molar-refractivity contribution in [2.75, 3.05) is 29.8 Å². The third-order valence-corrected chi connectivity index (χ3v) is 8.13. The van der Waals surface area contributed by atoms with Gasteiger partial charge < -0.3 is 10.1 Å². The summed E-state index contributed by atoms with van der Waals surface area (Å²) in [6.07, 6.45) is 0. The number of carbonyl (C=O) groups is 1. The number of hydrogen-bond acceptors (Lipinski definition) is 5. The van der Waals surface area contributed by atoms with Crippen LogP contribution < -0.4 is 14.4 Å². The molecule has 0 bridgehead atoms. The number of rotatable bonds is 12. The first-order chi connectivity index (χ1) is 17.2. The summed E-state index contributed by atoms with van der Waals surface area (Å²) in [5.74, 6) is -0.150. The molecule has 6 nitrogen and oxygen atoms in total. The lowest BCUT2D eigenvalue weighted by Crippen LogP contribution is -2.41. The van der Waals surface area contributed by atoms with Crippen molar-refractivity contribution in [1.82, 2.24) is 5.32 Å². The predicted octanol–water partition coefficient (Wildman–Crippen LogP) is 5.26. The van der Waals surface area contributed by atoms with Crippen molar-refractivity contribution in [3.05, 3.63) is 89.0 Å². The van der Waals surface area contributed by atoms with Crippen LogP contribution in [0.2, 0.25) is 5.02 Å². The number of carbonyl (C=O) groups excluding carboxylic acids is 1. The first-order valence-corrected chi connectivity index (χ1v) is 14.0. The normalized spacial score (nSPS) is 11.2. The minimum Gasteiger partial charge on any atom is -0.494 e. The molecule has 3 rings (SSSR count). The zero-order valence-corrected chi connectivity index (χ0v) is 21.8. The van der Waals surface area contributed by atoms with Crippen molar-refractivity contribution in [3.8, 4) is 5.75 Å². The second-order valence-corrected chi connectivity index (χ2v) is 10.9. The summed E-state index contributed by atoms with van der Waals surface area (Å²) >= 11 is 7.40. The van der Waals surface area contributed by atoms with Crippen LogP contribution in [0.5, 0.6) is 5.75 Å². The van der Waals surface area contributed by atoms with Crippen molar-refractivity contribution >= 4 is 45.0 Å². The van der Waals surface area contributed by atoms with Crippen molar-refractivity contribution in [3.63, 3.8) is 0 Å². The predicted molar refractivity (Wildman–Crippen MR) is 139 cm³/mol. The monoisotopic (exact) mass is 554 g/mol. The van der Waals surface area contributed by atoms with Crippen LogP contribution in [0.1, 0.15) is 12.5 Å². The summed E-state index contributed by atoms with van der Waals surface area (Å²) in [4.78, 5) is 12.5. The van der Waals surface area contributed by atoms with Crippen molar-refractivity contribution in [2.24, 2.45) is 0 Å². The molecule has 3 aromatic carbocycles. The van der Waals surface area contributed by atoms with Crippen LogP contribution in [0.4, 0.5) is 14.5 Å². The number of benzene rings is 3. The standard InChI is InChI=1S/C25H25ClF2N2O4S2/c1-2-34-20-10-8-19(9-11-20)30(36(32,33)21-12-6-18(27)7-13-21)16-25(31)29-14-15-35-17-22-23(26)4-3-5-24(22)28/h3-13H,2,14-17H2,1H3,(H,29,31). The maximum atomic E-state index is 13.9. The van der Waals surface area contributed by atoms with E-state index in [4.69, 9.17) is 16.3 Å². The summed E-state index contributed by atoms with van der Waals surface area (Å²) in [5, 5.41) is 3.02. The molecule has 36 heavy (non-hydrogen) atoms. The van der Waals surface area contributed by atoms with E-state index < -0.39 is 34.1 Å². The van der Waals surface area contributed by atoms with E-state index in [0.29, 0.717) is 34.4 Å². The average Bonchev–Trinajstić information content (AvgIpc) is 2.85. The van der Waals surface area contributed by atoms with Gasteiger partial charge in [0, 0.05) is 28.6 Å². The zero-order chi connectivity index (χ0) is 26.1. The molecule has 11 heteroatoms. The van der Waals surface area contributed by atoms with Crippen LogP contribution in [0.3, 0.4) is 0 Å². The Hall–Kier alpha value is -2.82. The molecule has 1 N–H and O–H groups in total. The molecule has 0 saturated carbocycles. The number of nitrogens with zero attached hydrogens (tertiary/aromatic N) is 1. The van der Waals surface area contributed by atoms with Crippen LogP contribution in [0, 0.1) is 11.6 Å². The third kappa shape index (κ3) is 7.35. The first kappa shape index (κ1) is 27.8. The Morgan fingerprint density at radius 3 is 2.39 bits per heavy atom. The molecule has 0 aliphatic rings. The molecule has 0 aromatic heterocycles. The Labute approximate surface area is 218 Å². The van der Waals surface area contributed by atoms with Gasteiger partial charge in [-0.25, -0.2) is 17.2 Å². The highest BCUT2D eigenvalue weighted by molar-refractivity contribution is 7.98. The Kier molecular flexibility index (Phi) is 9.98. The second-order valence-electron chi connectivity index (χ2n) is 7.50. The Balaban J connectivity index is 1.67. The minimum atomic E-state index is -4.17. The Morgan fingerprint density at radius 2 is 1.75 bits per heavy atom. The number of amides is 1. The van der Waals surface area contributed by atoms with Crippen LogP contribution in [-0.2, 0) is 20.6 Å². The van der Waals surface area contributed by atoms with Gasteiger partial charge in [-0.15, -0.1) is 0 Å². The van der Waals surface area contributed by atoms with Gasteiger partial charge in [0.05, 0.1) is 17.2 Å². The number of ether oxygens (including phenoxy) is 1. The van der Waals surface area contributed by atoms with E-state index in [1.807, 2.05) is 6.92 Å². The molecule has 0 fully saturated rings. The number of halogens is 3. The maximum Gasteiger partial charge on any atom is 0.264 e. The van der Waals surface area contributed by atoms with Gasteiger partial charge in [0.25, 0.3) is 10.0 Å². The molecule has 0 unspecified atom stereocenters. The summed E-state index contributed by atoms with van der Waals surface area (Å²) in [5.41, 5.74) is 0.643. The number of sulfonamides is 1. The van der Waals surface area contributed by atoms with Gasteiger partial charge in [-0.2, -0.15) is 11.8 Å². The number of hydrogen-bond donors (Lipinski definition) is 1. The van der Waals surface area contributed by atoms with E-state index in [1.54, 1.807) is 18.2 Å². The fraction of sp³-hybridized carbons (Fsp3) is 0.240. The number of thioether (sulfide) groups is 1. The van der Waals surface area contributed by atoms with Gasteiger partial charge in [-0.3, -0.25) is 9.10 Å². The largest absolute Gasteiger partial charge is 0.494 e. The lowest BCUT2D eigenvalue weighted by molar-refractivity contribution is -0.119. The van der Waals surface area contributed by atoms with Crippen LogP contribution in [0.15, 0.2) is 71.6 Å². The van der Waals surface area contributed by atoms with Gasteiger partial charge in [-0.1, -0.05) is 17.7 Å². The Morgan fingerprint density at radius 1 is 1.06 bits per heavy atom. The fourth-order valence-electron chi connectivity index (χ4n) is 3.22. The molecule has 192 valence electrons. The molecule has 0 radical (unpaired) electrons. The van der Waals surface area contributed by atoms with Crippen LogP contribution >= 0.6 is 23.4 Å². The lowest BCUT2D eigenvalue weighted by atomic mass is 10.2. The molecule has 0 atom stereocenters. The average molecular weight is 555 g/mol. The third-order valence-electron chi connectivity index (χ3n) is 5.00. The highest BCUT2D eigenvalue weighted by Crippen LogP contribution is 2.26. The maximum absolute atomic E-state index is 13.9. The topological polar surface area (TPSA) is 75.7 Å². The first-order valence-electron chi connectivity index (χ1n) is 11.0. The minimum absolute atomic E-state index is 0.150. The lowest BCUT2D eigenvalue weighted by Gasteiger charge is -2.24. The van der Waals surface area contributed by atoms with Gasteiger partial charge >= 0.3 is 0 Å². The summed E-state index contributed by atoms with van der Waals surface area (Å²) in [6, 6.07) is 15.1. The number of nitrogens with one attached hydrogen (secondary N) is 1. The quantitative estimate of drug-likeness (QED) is 0.309. The highest BCUT2D eigenvalue weighted by Gasteiger charge is 2.27. The van der Waals surface area contributed by atoms with E-state index in [1.165, 1.54) is 36.0 Å². The molecule has 0 saturated heterocycles. The molecule has 0 heterocycles. The molecule has 0 aliphatic carbocycles. The van der Waals surface area contributed by atoms with Crippen LogP contribution in [0.25, 0.3) is 0 Å². The van der Waals surface area contributed by atoms with E-state index in [9.17, 15) is 22.0 Å². The second kappa shape index (κ2) is 12.9. The fourth-order valence-corrected chi connectivity index (χ4v) is 5.84. The van der Waals surface area contributed by atoms with Gasteiger partial charge in [0.2, 0.25) is 5.91 Å². The van der Waals surface area contributed by atoms with Gasteiger partial charge in [0.1, 0.15) is 23.9 Å². The van der Waals surface area contributed by atoms with E-state index >= 15 is 0 Å². The summed E-state index contributed by atoms with van der Waals surface area (Å²) in [6.45, 7) is 2.02. The number of anilines is 1. The van der Waals surface area contributed by atoms with E-state index in [0.717, 1.165) is 28.6 Å². The van der Waals surface area contributed by atoms with Gasteiger partial charge in [0.15, 0.2) is 0 Å². The molecular weight excluding hydrogens is 530 g/mol. The molecule has 1 amide bonds. The van der Waals surface area contributed by atoms with Gasteiger partial charge in [-0.05, 0) is 67.6 Å². The molecule has 0 spiro atoms. The molecule has 0 aliphatic heterocycles. The smallest absolute Gasteiger partial charge is 0.264 e. The SMILES string of the molecule is CCOc1ccc(N(CC(=O)NCCSCc2c(F)cccc2Cl)S(=O)(=O)c2ccc(F)cc2)cc1. The van der Waals surface area contributed by atoms with Crippen molar-refractivity contribution < 1.29 is 26.7 Å².